The Bertz CT molecular complexity index is 870. The predicted molar refractivity (Wildman–Crippen MR) is 103 cm³/mol. The first kappa shape index (κ1) is 16.2. The number of phenols is 1. The van der Waals surface area contributed by atoms with E-state index in [0.29, 0.717) is 24.0 Å². The average Bonchev–Trinajstić information content (AvgIpc) is 2.80. The quantitative estimate of drug-likeness (QED) is 0.264. The van der Waals surface area contributed by atoms with Crippen molar-refractivity contribution in [1.29, 1.82) is 0 Å². The average molecular weight is 534 g/mol. The van der Waals surface area contributed by atoms with Crippen LogP contribution in [0.1, 0.15) is 11.1 Å². The molecule has 0 spiro atoms. The first-order chi connectivity index (χ1) is 10.9. The molecule has 0 fully saturated rings. The van der Waals surface area contributed by atoms with Crippen molar-refractivity contribution in [2.24, 2.45) is 0 Å². The van der Waals surface area contributed by atoms with Gasteiger partial charge in [0.15, 0.2) is 0 Å². The Balaban J connectivity index is 2.13. The number of fused-ring (bicyclic) bond motifs is 1. The highest BCUT2D eigenvalue weighted by atomic mass is 127. The van der Waals surface area contributed by atoms with Crippen molar-refractivity contribution in [3.63, 3.8) is 0 Å². The monoisotopic (exact) mass is 534 g/mol. The Morgan fingerprint density at radius 1 is 1.17 bits per heavy atom. The number of nitro benzene ring substituents is 1. The molecule has 1 aliphatic rings. The van der Waals surface area contributed by atoms with E-state index in [4.69, 9.17) is 0 Å². The second-order valence-corrected chi connectivity index (χ2v) is 7.16. The van der Waals surface area contributed by atoms with Gasteiger partial charge in [-0.05, 0) is 75.0 Å². The van der Waals surface area contributed by atoms with E-state index in [1.165, 1.54) is 18.2 Å². The van der Waals surface area contributed by atoms with Gasteiger partial charge in [-0.15, -0.1) is 0 Å². The lowest BCUT2D eigenvalue weighted by Gasteiger charge is -2.04. The topological polar surface area (TPSA) is 92.5 Å². The van der Waals surface area contributed by atoms with Gasteiger partial charge in [0.2, 0.25) is 0 Å². The third-order valence-corrected chi connectivity index (χ3v) is 4.99. The van der Waals surface area contributed by atoms with Crippen molar-refractivity contribution in [1.82, 2.24) is 0 Å². The molecule has 0 bridgehead atoms. The number of carbonyl (C=O) groups is 1. The van der Waals surface area contributed by atoms with Gasteiger partial charge in [-0.3, -0.25) is 14.9 Å². The molecule has 2 aromatic carbocycles. The molecule has 1 aliphatic heterocycles. The standard InChI is InChI=1S/C15H8I2N2O4/c16-11-4-7(5-12(17)14(11)20)3-10-9-6-8(19(22)23)1-2-13(9)18-15(10)21/h1-6,20H,(H,18,21)/b10-3+. The third-order valence-electron chi connectivity index (χ3n) is 3.35. The number of carbonyl (C=O) groups excluding carboxylic acids is 1. The zero-order chi connectivity index (χ0) is 16.7. The molecule has 0 saturated heterocycles. The van der Waals surface area contributed by atoms with Crippen molar-refractivity contribution < 1.29 is 14.8 Å². The molecular weight excluding hydrogens is 526 g/mol. The largest absolute Gasteiger partial charge is 0.506 e. The van der Waals surface area contributed by atoms with Crippen LogP contribution < -0.4 is 5.32 Å². The van der Waals surface area contributed by atoms with Gasteiger partial charge < -0.3 is 10.4 Å². The minimum absolute atomic E-state index is 0.0685. The maximum absolute atomic E-state index is 12.2. The van der Waals surface area contributed by atoms with Crippen LogP contribution in [0.4, 0.5) is 11.4 Å². The van der Waals surface area contributed by atoms with Crippen molar-refractivity contribution in [3.05, 3.63) is 58.7 Å². The predicted octanol–water partition coefficient (Wildman–Crippen LogP) is 4.00. The maximum Gasteiger partial charge on any atom is 0.270 e. The van der Waals surface area contributed by atoms with Gasteiger partial charge in [0.1, 0.15) is 5.75 Å². The molecular formula is C15H8I2N2O4. The zero-order valence-electron chi connectivity index (χ0n) is 11.3. The van der Waals surface area contributed by atoms with E-state index in [1.54, 1.807) is 18.2 Å². The normalized spacial score (nSPS) is 14.7. The van der Waals surface area contributed by atoms with Gasteiger partial charge in [-0.25, -0.2) is 0 Å². The van der Waals surface area contributed by atoms with Crippen LogP contribution in [0.3, 0.4) is 0 Å². The van der Waals surface area contributed by atoms with E-state index in [0.717, 1.165) is 5.56 Å². The van der Waals surface area contributed by atoms with E-state index in [1.807, 2.05) is 45.2 Å². The number of rotatable bonds is 2. The van der Waals surface area contributed by atoms with Crippen molar-refractivity contribution in [2.45, 2.75) is 0 Å². The Hall–Kier alpha value is -1.69. The smallest absolute Gasteiger partial charge is 0.270 e. The fourth-order valence-corrected chi connectivity index (χ4v) is 4.08. The summed E-state index contributed by atoms with van der Waals surface area (Å²) < 4.78 is 1.33. The second-order valence-electron chi connectivity index (χ2n) is 4.83. The molecule has 2 N–H and O–H groups in total. The summed E-state index contributed by atoms with van der Waals surface area (Å²) in [7, 11) is 0. The summed E-state index contributed by atoms with van der Waals surface area (Å²) in [5.74, 6) is -0.112. The number of phenolic OH excluding ortho intramolecular Hbond substituents is 1. The molecule has 116 valence electrons. The van der Waals surface area contributed by atoms with Crippen molar-refractivity contribution in [2.75, 3.05) is 5.32 Å². The molecule has 0 radical (unpaired) electrons. The van der Waals surface area contributed by atoms with Crippen LogP contribution in [0.15, 0.2) is 30.3 Å². The summed E-state index contributed by atoms with van der Waals surface area (Å²) in [4.78, 5) is 22.6. The van der Waals surface area contributed by atoms with Crippen LogP contribution >= 0.6 is 45.2 Å². The van der Waals surface area contributed by atoms with E-state index in [-0.39, 0.29) is 17.3 Å². The molecule has 0 aromatic heterocycles. The summed E-state index contributed by atoms with van der Waals surface area (Å²) in [5, 5.41) is 23.4. The highest BCUT2D eigenvalue weighted by molar-refractivity contribution is 14.1. The van der Waals surface area contributed by atoms with Crippen LogP contribution in [0.2, 0.25) is 0 Å². The molecule has 1 heterocycles. The van der Waals surface area contributed by atoms with Gasteiger partial charge >= 0.3 is 0 Å². The van der Waals surface area contributed by atoms with Crippen LogP contribution in [0, 0.1) is 17.3 Å². The Morgan fingerprint density at radius 3 is 2.43 bits per heavy atom. The number of aromatic hydroxyl groups is 1. The number of nitro groups is 1. The molecule has 8 heteroatoms. The molecule has 0 saturated carbocycles. The molecule has 23 heavy (non-hydrogen) atoms. The van der Waals surface area contributed by atoms with Crippen LogP contribution in [-0.2, 0) is 4.79 Å². The number of nitrogens with one attached hydrogen (secondary N) is 1. The van der Waals surface area contributed by atoms with Crippen molar-refractivity contribution >= 4 is 74.1 Å². The Labute approximate surface area is 158 Å². The lowest BCUT2D eigenvalue weighted by Crippen LogP contribution is -2.03. The number of amides is 1. The van der Waals surface area contributed by atoms with Gasteiger partial charge in [-0.1, -0.05) is 0 Å². The zero-order valence-corrected chi connectivity index (χ0v) is 15.7. The lowest BCUT2D eigenvalue weighted by molar-refractivity contribution is -0.384. The van der Waals surface area contributed by atoms with Gasteiger partial charge in [-0.2, -0.15) is 0 Å². The van der Waals surface area contributed by atoms with Crippen LogP contribution in [0.5, 0.6) is 5.75 Å². The molecule has 0 aliphatic carbocycles. The minimum Gasteiger partial charge on any atom is -0.506 e. The summed E-state index contributed by atoms with van der Waals surface area (Å²) in [6, 6.07) is 7.75. The van der Waals surface area contributed by atoms with Crippen LogP contribution in [0.25, 0.3) is 11.6 Å². The minimum atomic E-state index is -0.493. The number of benzene rings is 2. The fourth-order valence-electron chi connectivity index (χ4n) is 2.27. The number of anilines is 1. The maximum atomic E-state index is 12.2. The van der Waals surface area contributed by atoms with E-state index in [9.17, 15) is 20.0 Å². The number of nitrogens with zero attached hydrogens (tertiary/aromatic N) is 1. The summed E-state index contributed by atoms with van der Waals surface area (Å²) in [6.07, 6.45) is 1.66. The van der Waals surface area contributed by atoms with Gasteiger partial charge in [0.05, 0.1) is 12.1 Å². The molecule has 1 amide bonds. The first-order valence-corrected chi connectivity index (χ1v) is 8.52. The van der Waals surface area contributed by atoms with E-state index < -0.39 is 4.92 Å². The molecule has 0 unspecified atom stereocenters. The lowest BCUT2D eigenvalue weighted by atomic mass is 10.0. The summed E-state index contributed by atoms with van der Waals surface area (Å²) >= 11 is 4.01. The Morgan fingerprint density at radius 2 is 1.83 bits per heavy atom. The fraction of sp³-hybridized carbons (Fsp3) is 0. The number of halogens is 2. The molecule has 3 rings (SSSR count). The number of hydrogen-bond donors (Lipinski definition) is 2. The third kappa shape index (κ3) is 3.04. The van der Waals surface area contributed by atoms with E-state index >= 15 is 0 Å². The highest BCUT2D eigenvalue weighted by Crippen LogP contribution is 2.36. The summed E-state index contributed by atoms with van der Waals surface area (Å²) in [6.45, 7) is 0. The number of non-ortho nitro benzene ring substituents is 1. The molecule has 6 nitrogen and oxygen atoms in total. The molecule has 0 atom stereocenters. The Kier molecular flexibility index (Phi) is 4.27. The highest BCUT2D eigenvalue weighted by Gasteiger charge is 2.26. The van der Waals surface area contributed by atoms with Gasteiger partial charge in [0, 0.05) is 29.0 Å². The van der Waals surface area contributed by atoms with Crippen LogP contribution in [-0.4, -0.2) is 15.9 Å². The SMILES string of the molecule is O=C1Nc2ccc([N+](=O)[O-])cc2/C1=C\c1cc(I)c(O)c(I)c1. The van der Waals surface area contributed by atoms with Gasteiger partial charge in [0.25, 0.3) is 11.6 Å². The summed E-state index contributed by atoms with van der Waals surface area (Å²) in [5.41, 5.74) is 2.08. The second kappa shape index (κ2) is 6.07. The van der Waals surface area contributed by atoms with E-state index in [2.05, 4.69) is 5.32 Å². The van der Waals surface area contributed by atoms with Crippen molar-refractivity contribution in [3.8, 4) is 5.75 Å². The first-order valence-electron chi connectivity index (χ1n) is 6.36. The molecule has 2 aromatic rings. The number of hydrogen-bond acceptors (Lipinski definition) is 4.